The number of rotatable bonds is 2. The summed E-state index contributed by atoms with van der Waals surface area (Å²) in [4.78, 5) is 11.4. The fourth-order valence-electron chi connectivity index (χ4n) is 4.29. The Morgan fingerprint density at radius 3 is 2.67 bits per heavy atom. The van der Waals surface area contributed by atoms with Crippen LogP contribution in [-0.4, -0.2) is 50.0 Å². The van der Waals surface area contributed by atoms with Crippen molar-refractivity contribution in [3.63, 3.8) is 0 Å². The molecule has 2 unspecified atom stereocenters. The average Bonchev–Trinajstić information content (AvgIpc) is 3.10. The minimum atomic E-state index is -0.760. The minimum Gasteiger partial charge on any atom is -0.504 e. The zero-order chi connectivity index (χ0) is 21.0. The van der Waals surface area contributed by atoms with Crippen molar-refractivity contribution in [2.75, 3.05) is 18.0 Å². The van der Waals surface area contributed by atoms with Crippen molar-refractivity contribution in [3.05, 3.63) is 42.5 Å². The van der Waals surface area contributed by atoms with Gasteiger partial charge in [-0.1, -0.05) is 0 Å². The van der Waals surface area contributed by atoms with Crippen LogP contribution in [0.25, 0.3) is 33.2 Å². The Hall–Kier alpha value is -3.26. The minimum absolute atomic E-state index is 0.128. The Labute approximate surface area is 173 Å². The maximum Gasteiger partial charge on any atom is 0.193 e. The van der Waals surface area contributed by atoms with Crippen molar-refractivity contribution < 1.29 is 9.50 Å². The number of anilines is 1. The SMILES string of the molecule is CC1CN(c2ccc3nc(-c4cc5cn(C)nc5c(F)c4O)ncc3c2)CC(C)N1. The number of aromatic nitrogens is 4. The van der Waals surface area contributed by atoms with Gasteiger partial charge in [-0.2, -0.15) is 5.10 Å². The van der Waals surface area contributed by atoms with Crippen LogP contribution in [0.2, 0.25) is 0 Å². The average molecular weight is 406 g/mol. The highest BCUT2D eigenvalue weighted by molar-refractivity contribution is 5.89. The quantitative estimate of drug-likeness (QED) is 0.532. The standard InChI is InChI=1S/C22H23FN6O/c1-12-9-29(10-13(2)25-12)16-4-5-18-14(6-16)8-24-22(26-18)17-7-15-11-28(3)27-20(15)19(23)21(17)30/h4-8,11-13,25,30H,9-10H2,1-3H3. The molecular weight excluding hydrogens is 383 g/mol. The molecule has 7 nitrogen and oxygen atoms in total. The molecule has 0 saturated carbocycles. The lowest BCUT2D eigenvalue weighted by molar-refractivity contribution is 0.407. The molecule has 0 aliphatic carbocycles. The van der Waals surface area contributed by atoms with Gasteiger partial charge in [0, 0.05) is 61.1 Å². The zero-order valence-electron chi connectivity index (χ0n) is 17.1. The highest BCUT2D eigenvalue weighted by atomic mass is 19.1. The van der Waals surface area contributed by atoms with Gasteiger partial charge in [0.1, 0.15) is 5.52 Å². The highest BCUT2D eigenvalue weighted by Gasteiger charge is 2.22. The van der Waals surface area contributed by atoms with Crippen molar-refractivity contribution in [3.8, 4) is 17.1 Å². The summed E-state index contributed by atoms with van der Waals surface area (Å²) in [7, 11) is 1.71. The summed E-state index contributed by atoms with van der Waals surface area (Å²) in [6, 6.07) is 8.58. The van der Waals surface area contributed by atoms with Gasteiger partial charge >= 0.3 is 0 Å². The summed E-state index contributed by atoms with van der Waals surface area (Å²) in [5.74, 6) is -0.966. The van der Waals surface area contributed by atoms with E-state index in [1.54, 1.807) is 25.5 Å². The highest BCUT2D eigenvalue weighted by Crippen LogP contribution is 2.35. The van der Waals surface area contributed by atoms with Crippen molar-refractivity contribution >= 4 is 27.5 Å². The Morgan fingerprint density at radius 2 is 1.90 bits per heavy atom. The first kappa shape index (κ1) is 18.7. The molecule has 0 amide bonds. The fraction of sp³-hybridized carbons (Fsp3) is 0.318. The van der Waals surface area contributed by atoms with Gasteiger partial charge in [0.2, 0.25) is 0 Å². The molecule has 30 heavy (non-hydrogen) atoms. The molecular formula is C22H23FN6O. The third kappa shape index (κ3) is 3.13. The van der Waals surface area contributed by atoms with Crippen molar-refractivity contribution in [1.29, 1.82) is 0 Å². The predicted molar refractivity (Wildman–Crippen MR) is 115 cm³/mol. The molecule has 3 heterocycles. The Kier molecular flexibility index (Phi) is 4.32. The number of phenols is 1. The normalized spacial score (nSPS) is 19.7. The Balaban J connectivity index is 1.55. The first-order chi connectivity index (χ1) is 14.4. The van der Waals surface area contributed by atoms with Gasteiger partial charge in [0.15, 0.2) is 17.4 Å². The summed E-state index contributed by atoms with van der Waals surface area (Å²) < 4.78 is 16.1. The molecule has 2 atom stereocenters. The zero-order valence-corrected chi connectivity index (χ0v) is 17.1. The van der Waals surface area contributed by atoms with Crippen LogP contribution in [0, 0.1) is 5.82 Å². The van der Waals surface area contributed by atoms with E-state index in [1.807, 2.05) is 6.07 Å². The molecule has 2 aromatic carbocycles. The summed E-state index contributed by atoms with van der Waals surface area (Å²) in [6.07, 6.45) is 3.42. The third-order valence-electron chi connectivity index (χ3n) is 5.55. The van der Waals surface area contributed by atoms with E-state index in [1.165, 1.54) is 4.68 Å². The topological polar surface area (TPSA) is 79.1 Å². The molecule has 0 spiro atoms. The summed E-state index contributed by atoms with van der Waals surface area (Å²) in [5.41, 5.74) is 2.25. The number of nitrogens with zero attached hydrogens (tertiary/aromatic N) is 5. The molecule has 154 valence electrons. The van der Waals surface area contributed by atoms with E-state index >= 15 is 0 Å². The number of hydrogen-bond donors (Lipinski definition) is 2. The van der Waals surface area contributed by atoms with Crippen molar-refractivity contribution in [2.45, 2.75) is 25.9 Å². The van der Waals surface area contributed by atoms with Gasteiger partial charge in [0.05, 0.1) is 11.1 Å². The third-order valence-corrected chi connectivity index (χ3v) is 5.55. The maximum atomic E-state index is 14.6. The van der Waals surface area contributed by atoms with E-state index in [-0.39, 0.29) is 16.9 Å². The van der Waals surface area contributed by atoms with Crippen LogP contribution in [0.1, 0.15) is 13.8 Å². The number of aryl methyl sites for hydroxylation is 1. The molecule has 2 aromatic heterocycles. The van der Waals surface area contributed by atoms with E-state index in [9.17, 15) is 9.50 Å². The molecule has 1 aliphatic heterocycles. The van der Waals surface area contributed by atoms with Crippen LogP contribution in [-0.2, 0) is 7.05 Å². The van der Waals surface area contributed by atoms with E-state index in [0.29, 0.717) is 17.5 Å². The summed E-state index contributed by atoms with van der Waals surface area (Å²) >= 11 is 0. The van der Waals surface area contributed by atoms with Crippen LogP contribution in [0.3, 0.4) is 0 Å². The Bertz CT molecular complexity index is 1260. The number of nitrogens with one attached hydrogen (secondary N) is 1. The molecule has 2 N–H and O–H groups in total. The second-order valence-corrected chi connectivity index (χ2v) is 8.14. The van der Waals surface area contributed by atoms with E-state index in [2.05, 4.69) is 51.3 Å². The molecule has 1 saturated heterocycles. The second kappa shape index (κ2) is 6.91. The maximum absolute atomic E-state index is 14.6. The van der Waals surface area contributed by atoms with Crippen LogP contribution >= 0.6 is 0 Å². The van der Waals surface area contributed by atoms with Gasteiger partial charge in [-0.15, -0.1) is 0 Å². The molecule has 0 radical (unpaired) electrons. The second-order valence-electron chi connectivity index (χ2n) is 8.14. The van der Waals surface area contributed by atoms with Crippen LogP contribution in [0.4, 0.5) is 10.1 Å². The van der Waals surface area contributed by atoms with E-state index in [4.69, 9.17) is 0 Å². The number of phenolic OH excluding ortho intramolecular Hbond substituents is 1. The smallest absolute Gasteiger partial charge is 0.193 e. The van der Waals surface area contributed by atoms with E-state index in [0.717, 1.165) is 29.7 Å². The fourth-order valence-corrected chi connectivity index (χ4v) is 4.29. The molecule has 5 rings (SSSR count). The van der Waals surface area contributed by atoms with Gasteiger partial charge in [-0.3, -0.25) is 4.68 Å². The van der Waals surface area contributed by atoms with Crippen molar-refractivity contribution in [1.82, 2.24) is 25.1 Å². The van der Waals surface area contributed by atoms with Gasteiger partial charge in [0.25, 0.3) is 0 Å². The lowest BCUT2D eigenvalue weighted by Crippen LogP contribution is -2.54. The Morgan fingerprint density at radius 1 is 1.13 bits per heavy atom. The number of fused-ring (bicyclic) bond motifs is 2. The summed E-state index contributed by atoms with van der Waals surface area (Å²) in [5, 5.41) is 19.5. The monoisotopic (exact) mass is 406 g/mol. The largest absolute Gasteiger partial charge is 0.504 e. The summed E-state index contributed by atoms with van der Waals surface area (Å²) in [6.45, 7) is 6.24. The first-order valence-corrected chi connectivity index (χ1v) is 10.0. The molecule has 0 bridgehead atoms. The molecule has 8 heteroatoms. The van der Waals surface area contributed by atoms with Crippen LogP contribution in [0.5, 0.6) is 5.75 Å². The van der Waals surface area contributed by atoms with Gasteiger partial charge in [-0.05, 0) is 38.1 Å². The van der Waals surface area contributed by atoms with Crippen LogP contribution < -0.4 is 10.2 Å². The van der Waals surface area contributed by atoms with Crippen LogP contribution in [0.15, 0.2) is 36.7 Å². The molecule has 4 aromatic rings. The lowest BCUT2D eigenvalue weighted by atomic mass is 10.1. The lowest BCUT2D eigenvalue weighted by Gasteiger charge is -2.37. The first-order valence-electron chi connectivity index (χ1n) is 10.0. The van der Waals surface area contributed by atoms with Gasteiger partial charge in [-0.25, -0.2) is 14.4 Å². The number of aromatic hydroxyl groups is 1. The number of halogens is 1. The molecule has 1 aliphatic rings. The number of hydrogen-bond acceptors (Lipinski definition) is 6. The van der Waals surface area contributed by atoms with Gasteiger partial charge < -0.3 is 15.3 Å². The van der Waals surface area contributed by atoms with E-state index < -0.39 is 11.6 Å². The number of benzene rings is 2. The predicted octanol–water partition coefficient (Wildman–Crippen LogP) is 3.21. The van der Waals surface area contributed by atoms with Crippen molar-refractivity contribution in [2.24, 2.45) is 7.05 Å². The molecule has 1 fully saturated rings. The number of piperazine rings is 1.